The molecule has 128 valence electrons. The molecule has 0 unspecified atom stereocenters. The number of aromatic nitrogens is 2. The second-order valence-electron chi connectivity index (χ2n) is 5.66. The molecule has 24 heavy (non-hydrogen) atoms. The molecule has 0 saturated carbocycles. The summed E-state index contributed by atoms with van der Waals surface area (Å²) < 4.78 is 27.1. The van der Waals surface area contributed by atoms with Crippen LogP contribution in [0.15, 0.2) is 41.4 Å². The normalized spacial score (nSPS) is 15.5. The van der Waals surface area contributed by atoms with Crippen molar-refractivity contribution in [3.8, 4) is 0 Å². The van der Waals surface area contributed by atoms with Gasteiger partial charge in [0.15, 0.2) is 0 Å². The smallest absolute Gasteiger partial charge is 0.241 e. The van der Waals surface area contributed by atoms with E-state index in [2.05, 4.69) is 19.6 Å². The van der Waals surface area contributed by atoms with Gasteiger partial charge in [-0.05, 0) is 43.5 Å². The summed E-state index contributed by atoms with van der Waals surface area (Å²) >= 11 is 5.85. The van der Waals surface area contributed by atoms with Gasteiger partial charge in [0.2, 0.25) is 10.0 Å². The van der Waals surface area contributed by atoms with Crippen LogP contribution in [0.4, 0.5) is 5.82 Å². The fourth-order valence-electron chi connectivity index (χ4n) is 2.65. The highest BCUT2D eigenvalue weighted by Gasteiger charge is 2.16. The average Bonchev–Trinajstić information content (AvgIpc) is 2.61. The van der Waals surface area contributed by atoms with Gasteiger partial charge in [-0.1, -0.05) is 17.7 Å². The van der Waals surface area contributed by atoms with Gasteiger partial charge in [-0.3, -0.25) is 0 Å². The second-order valence-corrected chi connectivity index (χ2v) is 7.86. The zero-order chi connectivity index (χ0) is 17.0. The van der Waals surface area contributed by atoms with E-state index in [0.717, 1.165) is 31.7 Å². The van der Waals surface area contributed by atoms with Crippen LogP contribution in [-0.2, 0) is 16.6 Å². The third kappa shape index (κ3) is 4.23. The van der Waals surface area contributed by atoms with E-state index in [1.54, 1.807) is 18.3 Å². The van der Waals surface area contributed by atoms with Crippen molar-refractivity contribution in [2.24, 2.45) is 0 Å². The Balaban J connectivity index is 1.70. The molecule has 8 heteroatoms. The van der Waals surface area contributed by atoms with Crippen molar-refractivity contribution in [1.82, 2.24) is 14.7 Å². The summed E-state index contributed by atoms with van der Waals surface area (Å²) in [6.07, 6.45) is 5.22. The van der Waals surface area contributed by atoms with Crippen molar-refractivity contribution in [2.75, 3.05) is 18.0 Å². The van der Waals surface area contributed by atoms with Crippen molar-refractivity contribution < 1.29 is 8.42 Å². The van der Waals surface area contributed by atoms with E-state index in [1.807, 2.05) is 6.07 Å². The van der Waals surface area contributed by atoms with E-state index in [1.165, 1.54) is 18.6 Å². The van der Waals surface area contributed by atoms with Crippen molar-refractivity contribution in [3.05, 3.63) is 47.4 Å². The molecule has 1 aliphatic heterocycles. The molecule has 2 aromatic rings. The van der Waals surface area contributed by atoms with Gasteiger partial charge >= 0.3 is 0 Å². The number of piperidine rings is 1. The van der Waals surface area contributed by atoms with E-state index < -0.39 is 10.0 Å². The number of rotatable bonds is 5. The van der Waals surface area contributed by atoms with Crippen LogP contribution in [0, 0.1) is 0 Å². The molecule has 0 bridgehead atoms. The minimum Gasteiger partial charge on any atom is -0.357 e. The van der Waals surface area contributed by atoms with Crippen LogP contribution in [-0.4, -0.2) is 31.5 Å². The quantitative estimate of drug-likeness (QED) is 0.880. The van der Waals surface area contributed by atoms with E-state index in [-0.39, 0.29) is 11.4 Å². The lowest BCUT2D eigenvalue weighted by molar-refractivity contribution is 0.569. The Morgan fingerprint density at radius 2 is 1.96 bits per heavy atom. The van der Waals surface area contributed by atoms with Crippen molar-refractivity contribution in [3.63, 3.8) is 0 Å². The summed E-state index contributed by atoms with van der Waals surface area (Å²) in [5, 5.41) is 0.376. The minimum absolute atomic E-state index is 0.0382. The van der Waals surface area contributed by atoms with Gasteiger partial charge in [0, 0.05) is 24.3 Å². The van der Waals surface area contributed by atoms with E-state index >= 15 is 0 Å². The predicted molar refractivity (Wildman–Crippen MR) is 93.6 cm³/mol. The van der Waals surface area contributed by atoms with Gasteiger partial charge in [-0.2, -0.15) is 0 Å². The lowest BCUT2D eigenvalue weighted by Gasteiger charge is -2.27. The van der Waals surface area contributed by atoms with E-state index in [0.29, 0.717) is 10.8 Å². The number of sulfonamides is 1. The minimum atomic E-state index is -3.65. The third-order valence-electron chi connectivity index (χ3n) is 3.90. The van der Waals surface area contributed by atoms with Crippen LogP contribution in [0.1, 0.15) is 25.1 Å². The molecule has 1 saturated heterocycles. The highest BCUT2D eigenvalue weighted by molar-refractivity contribution is 7.89. The lowest BCUT2D eigenvalue weighted by atomic mass is 10.1. The first-order valence-electron chi connectivity index (χ1n) is 7.87. The first-order chi connectivity index (χ1) is 11.5. The number of hydrogen-bond acceptors (Lipinski definition) is 5. The van der Waals surface area contributed by atoms with Crippen LogP contribution in [0.5, 0.6) is 0 Å². The van der Waals surface area contributed by atoms with E-state index in [4.69, 9.17) is 11.6 Å². The maximum atomic E-state index is 12.3. The van der Waals surface area contributed by atoms with Crippen LogP contribution in [0.25, 0.3) is 0 Å². The third-order valence-corrected chi connectivity index (χ3v) is 5.53. The Labute approximate surface area is 146 Å². The van der Waals surface area contributed by atoms with Crippen molar-refractivity contribution in [1.29, 1.82) is 0 Å². The average molecular weight is 367 g/mol. The van der Waals surface area contributed by atoms with Gasteiger partial charge in [0.25, 0.3) is 0 Å². The highest BCUT2D eigenvalue weighted by atomic mass is 35.5. The van der Waals surface area contributed by atoms with Gasteiger partial charge in [-0.25, -0.2) is 23.1 Å². The fraction of sp³-hybridized carbons (Fsp3) is 0.375. The number of nitrogens with zero attached hydrogens (tertiary/aromatic N) is 3. The molecule has 2 heterocycles. The summed E-state index contributed by atoms with van der Waals surface area (Å²) in [4.78, 5) is 11.0. The monoisotopic (exact) mass is 366 g/mol. The number of hydrogen-bond donors (Lipinski definition) is 1. The summed E-state index contributed by atoms with van der Waals surface area (Å²) in [6, 6.07) is 8.00. The molecule has 0 amide bonds. The standard InChI is InChI=1S/C16H19ClN4O2S/c17-13-5-4-6-14(11-13)24(22,23)19-12-15-18-8-7-16(20-15)21-9-2-1-3-10-21/h4-8,11,19H,1-3,9-10,12H2. The van der Waals surface area contributed by atoms with Crippen molar-refractivity contribution in [2.45, 2.75) is 30.7 Å². The largest absolute Gasteiger partial charge is 0.357 e. The van der Waals surface area contributed by atoms with Gasteiger partial charge in [0.05, 0.1) is 11.4 Å². The first kappa shape index (κ1) is 17.1. The van der Waals surface area contributed by atoms with Gasteiger partial charge in [-0.15, -0.1) is 0 Å². The molecule has 0 aliphatic carbocycles. The lowest BCUT2D eigenvalue weighted by Crippen LogP contribution is -2.31. The Hall–Kier alpha value is -1.70. The maximum absolute atomic E-state index is 12.3. The zero-order valence-electron chi connectivity index (χ0n) is 13.2. The molecular formula is C16H19ClN4O2S. The molecule has 0 atom stereocenters. The zero-order valence-corrected chi connectivity index (χ0v) is 14.7. The Kier molecular flexibility index (Phi) is 5.33. The number of halogens is 1. The molecule has 0 spiro atoms. The Morgan fingerprint density at radius 3 is 2.71 bits per heavy atom. The topological polar surface area (TPSA) is 75.2 Å². The molecular weight excluding hydrogens is 348 g/mol. The first-order valence-corrected chi connectivity index (χ1v) is 9.73. The maximum Gasteiger partial charge on any atom is 0.241 e. The van der Waals surface area contributed by atoms with Crippen molar-refractivity contribution >= 4 is 27.4 Å². The summed E-state index contributed by atoms with van der Waals surface area (Å²) in [5.74, 6) is 1.30. The van der Waals surface area contributed by atoms with Gasteiger partial charge < -0.3 is 4.90 Å². The molecule has 1 aliphatic rings. The number of benzene rings is 1. The summed E-state index contributed by atoms with van der Waals surface area (Å²) in [6.45, 7) is 1.99. The van der Waals surface area contributed by atoms with E-state index in [9.17, 15) is 8.42 Å². The van der Waals surface area contributed by atoms with Crippen LogP contribution >= 0.6 is 11.6 Å². The highest BCUT2D eigenvalue weighted by Crippen LogP contribution is 2.18. The molecule has 1 N–H and O–H groups in total. The van der Waals surface area contributed by atoms with Gasteiger partial charge in [0.1, 0.15) is 11.6 Å². The molecule has 1 aromatic heterocycles. The van der Waals surface area contributed by atoms with Crippen LogP contribution in [0.2, 0.25) is 5.02 Å². The summed E-state index contributed by atoms with van der Waals surface area (Å²) in [5.41, 5.74) is 0. The predicted octanol–water partition coefficient (Wildman–Crippen LogP) is 2.60. The number of anilines is 1. The number of nitrogens with one attached hydrogen (secondary N) is 1. The second kappa shape index (κ2) is 7.46. The molecule has 3 rings (SSSR count). The summed E-state index contributed by atoms with van der Waals surface area (Å²) in [7, 11) is -3.65. The van der Waals surface area contributed by atoms with Crippen LogP contribution in [0.3, 0.4) is 0 Å². The molecule has 6 nitrogen and oxygen atoms in total. The Morgan fingerprint density at radius 1 is 1.17 bits per heavy atom. The fourth-order valence-corrected chi connectivity index (χ4v) is 3.93. The molecule has 0 radical (unpaired) electrons. The Bertz CT molecular complexity index is 807. The molecule has 1 fully saturated rings. The van der Waals surface area contributed by atoms with Crippen LogP contribution < -0.4 is 9.62 Å². The SMILES string of the molecule is O=S(=O)(NCc1nccc(N2CCCCC2)n1)c1cccc(Cl)c1. The molecule has 1 aromatic carbocycles.